The van der Waals surface area contributed by atoms with Crippen LogP contribution >= 0.6 is 11.3 Å². The minimum absolute atomic E-state index is 0.0590. The van der Waals surface area contributed by atoms with Gasteiger partial charge >= 0.3 is 5.97 Å². The van der Waals surface area contributed by atoms with Crippen LogP contribution in [0.1, 0.15) is 46.9 Å². The largest absolute Gasteiger partial charge is 0.454 e. The standard InChI is InChI=1S/C20H22N2O3S/c1-4-12(2)10-15-13(3)26-19-17(15)18(23)21-16(22-19)11-25-20(24)14-8-6-5-7-9-14/h5-9,12H,4,10-11H2,1-3H3,(H,21,22,23)/t12-/m0/s1. The molecular formula is C20H22N2O3S. The zero-order valence-corrected chi connectivity index (χ0v) is 16.0. The summed E-state index contributed by atoms with van der Waals surface area (Å²) < 4.78 is 5.27. The van der Waals surface area contributed by atoms with E-state index in [9.17, 15) is 9.59 Å². The third kappa shape index (κ3) is 3.85. The highest BCUT2D eigenvalue weighted by Crippen LogP contribution is 2.29. The highest BCUT2D eigenvalue weighted by Gasteiger charge is 2.17. The fourth-order valence-electron chi connectivity index (χ4n) is 2.82. The third-order valence-electron chi connectivity index (χ3n) is 4.51. The monoisotopic (exact) mass is 370 g/mol. The molecule has 0 saturated carbocycles. The Labute approximate surface area is 156 Å². The summed E-state index contributed by atoms with van der Waals surface area (Å²) in [5.74, 6) is 0.439. The SMILES string of the molecule is CC[C@H](C)Cc1c(C)sc2nc(COC(=O)c3ccccc3)[nH]c(=O)c12. The number of hydrogen-bond acceptors (Lipinski definition) is 5. The second-order valence-electron chi connectivity index (χ2n) is 6.49. The molecule has 2 aromatic heterocycles. The summed E-state index contributed by atoms with van der Waals surface area (Å²) in [6.45, 7) is 6.30. The Morgan fingerprint density at radius 2 is 2.04 bits per heavy atom. The van der Waals surface area contributed by atoms with Crippen LogP contribution in [0.25, 0.3) is 10.2 Å². The lowest BCUT2D eigenvalue weighted by molar-refractivity contribution is 0.0462. The number of nitrogens with one attached hydrogen (secondary N) is 1. The molecule has 0 saturated heterocycles. The molecule has 3 aromatic rings. The molecule has 0 radical (unpaired) electrons. The van der Waals surface area contributed by atoms with Crippen LogP contribution < -0.4 is 5.56 Å². The first-order valence-corrected chi connectivity index (χ1v) is 9.54. The molecule has 0 spiro atoms. The van der Waals surface area contributed by atoms with Gasteiger partial charge < -0.3 is 9.72 Å². The van der Waals surface area contributed by atoms with Crippen molar-refractivity contribution in [2.24, 2.45) is 5.92 Å². The van der Waals surface area contributed by atoms with E-state index in [2.05, 4.69) is 23.8 Å². The van der Waals surface area contributed by atoms with Crippen molar-refractivity contribution < 1.29 is 9.53 Å². The maximum absolute atomic E-state index is 12.6. The smallest absolute Gasteiger partial charge is 0.338 e. The van der Waals surface area contributed by atoms with Crippen LogP contribution in [0.3, 0.4) is 0 Å². The molecule has 5 nitrogen and oxygen atoms in total. The number of hydrogen-bond donors (Lipinski definition) is 1. The van der Waals surface area contributed by atoms with Crippen LogP contribution in [0, 0.1) is 12.8 Å². The van der Waals surface area contributed by atoms with Crippen LogP contribution in [0.5, 0.6) is 0 Å². The van der Waals surface area contributed by atoms with E-state index in [1.165, 1.54) is 11.3 Å². The number of benzene rings is 1. The molecule has 136 valence electrons. The Hall–Kier alpha value is -2.47. The van der Waals surface area contributed by atoms with E-state index in [0.29, 0.717) is 27.5 Å². The van der Waals surface area contributed by atoms with Crippen molar-refractivity contribution in [1.82, 2.24) is 9.97 Å². The van der Waals surface area contributed by atoms with Crippen molar-refractivity contribution in [3.8, 4) is 0 Å². The van der Waals surface area contributed by atoms with Crippen LogP contribution in [0.4, 0.5) is 0 Å². The molecule has 0 amide bonds. The second kappa shape index (κ2) is 7.83. The van der Waals surface area contributed by atoms with Gasteiger partial charge in [-0.25, -0.2) is 9.78 Å². The summed E-state index contributed by atoms with van der Waals surface area (Å²) in [5, 5.41) is 0.672. The maximum Gasteiger partial charge on any atom is 0.338 e. The number of esters is 1. The number of nitrogens with zero attached hydrogens (tertiary/aromatic N) is 1. The number of carbonyl (C=O) groups excluding carboxylic acids is 1. The van der Waals surface area contributed by atoms with Gasteiger partial charge in [0.1, 0.15) is 17.3 Å². The second-order valence-corrected chi connectivity index (χ2v) is 7.69. The number of H-pyrrole nitrogens is 1. The molecule has 2 heterocycles. The zero-order chi connectivity index (χ0) is 18.7. The van der Waals surface area contributed by atoms with Gasteiger partial charge in [-0.05, 0) is 37.0 Å². The first-order chi connectivity index (χ1) is 12.5. The predicted octanol–water partition coefficient (Wildman–Crippen LogP) is 4.24. The fraction of sp³-hybridized carbons (Fsp3) is 0.350. The quantitative estimate of drug-likeness (QED) is 0.659. The number of aryl methyl sites for hydroxylation is 1. The first kappa shape index (κ1) is 18.3. The third-order valence-corrected chi connectivity index (χ3v) is 5.55. The van der Waals surface area contributed by atoms with E-state index < -0.39 is 5.97 Å². The molecule has 0 bridgehead atoms. The van der Waals surface area contributed by atoms with Gasteiger partial charge in [0.2, 0.25) is 0 Å². The predicted molar refractivity (Wildman–Crippen MR) is 104 cm³/mol. The zero-order valence-electron chi connectivity index (χ0n) is 15.2. The van der Waals surface area contributed by atoms with E-state index in [-0.39, 0.29) is 12.2 Å². The van der Waals surface area contributed by atoms with Crippen LogP contribution in [0.2, 0.25) is 0 Å². The number of fused-ring (bicyclic) bond motifs is 1. The molecule has 26 heavy (non-hydrogen) atoms. The van der Waals surface area contributed by atoms with Crippen LogP contribution in [-0.2, 0) is 17.8 Å². The van der Waals surface area contributed by atoms with Gasteiger partial charge in [-0.3, -0.25) is 4.79 Å². The van der Waals surface area contributed by atoms with Gasteiger partial charge in [-0.1, -0.05) is 38.5 Å². The van der Waals surface area contributed by atoms with E-state index in [4.69, 9.17) is 4.74 Å². The summed E-state index contributed by atoms with van der Waals surface area (Å²) in [6.07, 6.45) is 1.94. The Morgan fingerprint density at radius 3 is 2.73 bits per heavy atom. The number of ether oxygens (including phenoxy) is 1. The minimum Gasteiger partial charge on any atom is -0.454 e. The highest BCUT2D eigenvalue weighted by atomic mass is 32.1. The first-order valence-electron chi connectivity index (χ1n) is 8.73. The lowest BCUT2D eigenvalue weighted by Crippen LogP contribution is -2.15. The van der Waals surface area contributed by atoms with Crippen LogP contribution in [-0.4, -0.2) is 15.9 Å². The molecule has 1 N–H and O–H groups in total. The molecule has 0 aliphatic rings. The normalized spacial score (nSPS) is 12.3. The molecule has 1 atom stereocenters. The number of carbonyl (C=O) groups is 1. The van der Waals surface area contributed by atoms with Crippen molar-refractivity contribution >= 4 is 27.5 Å². The molecule has 3 rings (SSSR count). The van der Waals surface area contributed by atoms with E-state index in [0.717, 1.165) is 23.3 Å². The summed E-state index contributed by atoms with van der Waals surface area (Å²) in [6, 6.07) is 8.75. The van der Waals surface area contributed by atoms with Gasteiger partial charge in [0, 0.05) is 4.88 Å². The fourth-order valence-corrected chi connectivity index (χ4v) is 3.89. The van der Waals surface area contributed by atoms with E-state index in [1.807, 2.05) is 13.0 Å². The molecular weight excluding hydrogens is 348 g/mol. The molecule has 0 unspecified atom stereocenters. The molecule has 0 aliphatic carbocycles. The molecule has 6 heteroatoms. The number of thiophene rings is 1. The Balaban J connectivity index is 1.83. The van der Waals surface area contributed by atoms with Gasteiger partial charge in [0.05, 0.1) is 10.9 Å². The topological polar surface area (TPSA) is 72.0 Å². The van der Waals surface area contributed by atoms with Gasteiger partial charge in [-0.15, -0.1) is 11.3 Å². The molecule has 0 fully saturated rings. The average Bonchev–Trinajstić information content (AvgIpc) is 2.96. The summed E-state index contributed by atoms with van der Waals surface area (Å²) >= 11 is 1.52. The Kier molecular flexibility index (Phi) is 5.52. The lowest BCUT2D eigenvalue weighted by atomic mass is 9.98. The van der Waals surface area contributed by atoms with Gasteiger partial charge in [-0.2, -0.15) is 0 Å². The minimum atomic E-state index is -0.437. The van der Waals surface area contributed by atoms with E-state index >= 15 is 0 Å². The highest BCUT2D eigenvalue weighted by molar-refractivity contribution is 7.18. The van der Waals surface area contributed by atoms with Crippen molar-refractivity contribution in [3.63, 3.8) is 0 Å². The summed E-state index contributed by atoms with van der Waals surface area (Å²) in [5.41, 5.74) is 1.39. The van der Waals surface area contributed by atoms with E-state index in [1.54, 1.807) is 24.3 Å². The Bertz CT molecular complexity index is 976. The van der Waals surface area contributed by atoms with Crippen molar-refractivity contribution in [3.05, 3.63) is 62.5 Å². The number of aromatic nitrogens is 2. The summed E-state index contributed by atoms with van der Waals surface area (Å²) in [7, 11) is 0. The Morgan fingerprint density at radius 1 is 1.31 bits per heavy atom. The molecule has 0 aliphatic heterocycles. The van der Waals surface area contributed by atoms with Crippen LogP contribution in [0.15, 0.2) is 35.1 Å². The van der Waals surface area contributed by atoms with Crippen molar-refractivity contribution in [1.29, 1.82) is 0 Å². The van der Waals surface area contributed by atoms with Gasteiger partial charge in [0.25, 0.3) is 5.56 Å². The van der Waals surface area contributed by atoms with Gasteiger partial charge in [0.15, 0.2) is 0 Å². The summed E-state index contributed by atoms with van der Waals surface area (Å²) in [4.78, 5) is 33.7. The van der Waals surface area contributed by atoms with Crippen molar-refractivity contribution in [2.75, 3.05) is 0 Å². The number of rotatable bonds is 6. The molecule has 1 aromatic carbocycles. The maximum atomic E-state index is 12.6. The lowest BCUT2D eigenvalue weighted by Gasteiger charge is -2.08. The average molecular weight is 370 g/mol. The van der Waals surface area contributed by atoms with Crippen molar-refractivity contribution in [2.45, 2.75) is 40.2 Å². The number of aromatic amines is 1.